The topological polar surface area (TPSA) is 23.6 Å². The van der Waals surface area contributed by atoms with Gasteiger partial charge in [-0.3, -0.25) is 4.79 Å². The molecule has 0 aromatic heterocycles. The molecule has 0 saturated carbocycles. The second-order valence-corrected chi connectivity index (χ2v) is 5.84. The van der Waals surface area contributed by atoms with Gasteiger partial charge in [-0.2, -0.15) is 0 Å². The number of rotatable bonds is 5. The largest absolute Gasteiger partial charge is 0.338 e. The van der Waals surface area contributed by atoms with Crippen molar-refractivity contribution in [1.29, 1.82) is 0 Å². The number of hydrogen-bond acceptors (Lipinski definition) is 2. The molecule has 2 aliphatic heterocycles. The summed E-state index contributed by atoms with van der Waals surface area (Å²) in [5.41, 5.74) is 0. The number of hydrogen-bond donors (Lipinski definition) is 0. The minimum Gasteiger partial charge on any atom is -0.338 e. The van der Waals surface area contributed by atoms with Crippen LogP contribution in [0, 0.1) is 17.8 Å². The van der Waals surface area contributed by atoms with E-state index >= 15 is 0 Å². The Labute approximate surface area is 104 Å². The molecule has 96 valence electrons. The molecule has 0 aromatic carbocycles. The summed E-state index contributed by atoms with van der Waals surface area (Å²) < 4.78 is 0. The van der Waals surface area contributed by atoms with E-state index in [1.54, 1.807) is 0 Å². The van der Waals surface area contributed by atoms with E-state index in [0.29, 0.717) is 11.8 Å². The summed E-state index contributed by atoms with van der Waals surface area (Å²) in [7, 11) is 0. The van der Waals surface area contributed by atoms with Crippen molar-refractivity contribution in [2.45, 2.75) is 20.3 Å². The summed E-state index contributed by atoms with van der Waals surface area (Å²) in [4.78, 5) is 16.5. The van der Waals surface area contributed by atoms with Crippen LogP contribution < -0.4 is 0 Å². The lowest BCUT2D eigenvalue weighted by molar-refractivity contribution is -0.130. The predicted molar refractivity (Wildman–Crippen MR) is 69.7 cm³/mol. The van der Waals surface area contributed by atoms with Crippen LogP contribution in [0.5, 0.6) is 0 Å². The van der Waals surface area contributed by atoms with Crippen molar-refractivity contribution in [1.82, 2.24) is 9.80 Å². The average Bonchev–Trinajstić information content (AvgIpc) is 2.78. The van der Waals surface area contributed by atoms with Gasteiger partial charge in [0.25, 0.3) is 0 Å². The highest BCUT2D eigenvalue weighted by Gasteiger charge is 2.45. The van der Waals surface area contributed by atoms with Crippen LogP contribution in [0.25, 0.3) is 0 Å². The molecule has 0 radical (unpaired) electrons. The fourth-order valence-corrected chi connectivity index (χ4v) is 2.98. The number of carbonyl (C=O) groups is 1. The second-order valence-electron chi connectivity index (χ2n) is 5.84. The highest BCUT2D eigenvalue weighted by molar-refractivity contribution is 5.82. The molecule has 17 heavy (non-hydrogen) atoms. The summed E-state index contributed by atoms with van der Waals surface area (Å²) in [6, 6.07) is 0. The Morgan fingerprint density at radius 2 is 2.18 bits per heavy atom. The fourth-order valence-electron chi connectivity index (χ4n) is 2.98. The molecular weight excluding hydrogens is 212 g/mol. The predicted octanol–water partition coefficient (Wildman–Crippen LogP) is 1.61. The van der Waals surface area contributed by atoms with E-state index in [4.69, 9.17) is 0 Å². The van der Waals surface area contributed by atoms with Gasteiger partial charge < -0.3 is 9.80 Å². The molecule has 0 aliphatic carbocycles. The van der Waals surface area contributed by atoms with Gasteiger partial charge in [-0.05, 0) is 18.9 Å². The van der Waals surface area contributed by atoms with Crippen LogP contribution in [0.4, 0.5) is 0 Å². The van der Waals surface area contributed by atoms with Gasteiger partial charge in [0.2, 0.25) is 5.91 Å². The fraction of sp³-hybridized carbons (Fsp3) is 0.786. The molecule has 1 amide bonds. The Balaban J connectivity index is 1.84. The van der Waals surface area contributed by atoms with E-state index in [1.165, 1.54) is 6.42 Å². The Hall–Kier alpha value is -0.830. The first-order valence-electron chi connectivity index (χ1n) is 6.74. The van der Waals surface area contributed by atoms with Crippen LogP contribution in [-0.4, -0.2) is 48.4 Å². The second kappa shape index (κ2) is 5.21. The molecule has 2 rings (SSSR count). The van der Waals surface area contributed by atoms with Crippen molar-refractivity contribution in [3.63, 3.8) is 0 Å². The third-order valence-electron chi connectivity index (χ3n) is 3.97. The Morgan fingerprint density at radius 1 is 1.41 bits per heavy atom. The summed E-state index contributed by atoms with van der Waals surface area (Å²) >= 11 is 0. The normalized spacial score (nSPS) is 29.1. The summed E-state index contributed by atoms with van der Waals surface area (Å²) in [6.45, 7) is 13.1. The number of fused-ring (bicyclic) bond motifs is 1. The van der Waals surface area contributed by atoms with Crippen LogP contribution in [0.3, 0.4) is 0 Å². The smallest absolute Gasteiger partial charge is 0.227 e. The third-order valence-corrected chi connectivity index (χ3v) is 3.97. The van der Waals surface area contributed by atoms with Gasteiger partial charge in [-0.1, -0.05) is 19.9 Å². The van der Waals surface area contributed by atoms with Crippen molar-refractivity contribution in [2.75, 3.05) is 32.7 Å². The molecule has 0 spiro atoms. The van der Waals surface area contributed by atoms with E-state index < -0.39 is 0 Å². The first-order chi connectivity index (χ1) is 8.11. The third kappa shape index (κ3) is 2.71. The van der Waals surface area contributed by atoms with Gasteiger partial charge >= 0.3 is 0 Å². The minimum atomic E-state index is 0.266. The number of amides is 1. The zero-order valence-corrected chi connectivity index (χ0v) is 11.1. The number of nitrogens with zero attached hydrogens (tertiary/aromatic N) is 2. The van der Waals surface area contributed by atoms with Crippen LogP contribution in [0.2, 0.25) is 0 Å². The SMILES string of the molecule is C=CCN1C[C@H]2CN(CCC(C)C)C[C@H]2C1=O. The monoisotopic (exact) mass is 236 g/mol. The molecule has 3 nitrogen and oxygen atoms in total. The van der Waals surface area contributed by atoms with Crippen molar-refractivity contribution >= 4 is 5.91 Å². The highest BCUT2D eigenvalue weighted by Crippen LogP contribution is 2.32. The number of likely N-dealkylation sites (tertiary alicyclic amines) is 2. The summed E-state index contributed by atoms with van der Waals surface area (Å²) in [6.07, 6.45) is 3.07. The van der Waals surface area contributed by atoms with E-state index in [-0.39, 0.29) is 5.92 Å². The van der Waals surface area contributed by atoms with Gasteiger partial charge in [0.05, 0.1) is 5.92 Å². The summed E-state index contributed by atoms with van der Waals surface area (Å²) in [5, 5.41) is 0. The molecule has 0 bridgehead atoms. The standard InChI is InChI=1S/C14H24N2O/c1-4-6-16-9-12-8-15(7-5-11(2)3)10-13(12)14(16)17/h4,11-13H,1,5-10H2,2-3H3/t12-,13-/m1/s1. The van der Waals surface area contributed by atoms with E-state index in [0.717, 1.165) is 38.6 Å². The maximum absolute atomic E-state index is 12.1. The van der Waals surface area contributed by atoms with Crippen LogP contribution in [0.1, 0.15) is 20.3 Å². The molecular formula is C14H24N2O. The molecule has 2 aliphatic rings. The van der Waals surface area contributed by atoms with Crippen molar-refractivity contribution in [3.8, 4) is 0 Å². The molecule has 0 aromatic rings. The maximum Gasteiger partial charge on any atom is 0.227 e. The zero-order valence-electron chi connectivity index (χ0n) is 11.1. The van der Waals surface area contributed by atoms with E-state index in [1.807, 2.05) is 11.0 Å². The molecule has 0 N–H and O–H groups in total. The van der Waals surface area contributed by atoms with Crippen LogP contribution >= 0.6 is 0 Å². The Morgan fingerprint density at radius 3 is 2.76 bits per heavy atom. The first kappa shape index (κ1) is 12.6. The van der Waals surface area contributed by atoms with Gasteiger partial charge in [0, 0.05) is 32.1 Å². The van der Waals surface area contributed by atoms with Gasteiger partial charge in [0.1, 0.15) is 0 Å². The molecule has 3 heteroatoms. The molecule has 2 saturated heterocycles. The molecule has 2 fully saturated rings. The first-order valence-corrected chi connectivity index (χ1v) is 6.74. The van der Waals surface area contributed by atoms with Gasteiger partial charge in [-0.15, -0.1) is 6.58 Å². The minimum absolute atomic E-state index is 0.266. The van der Waals surface area contributed by atoms with Crippen molar-refractivity contribution in [2.24, 2.45) is 17.8 Å². The Kier molecular flexibility index (Phi) is 3.87. The van der Waals surface area contributed by atoms with Crippen LogP contribution in [0.15, 0.2) is 12.7 Å². The highest BCUT2D eigenvalue weighted by atomic mass is 16.2. The lowest BCUT2D eigenvalue weighted by Crippen LogP contribution is -2.33. The maximum atomic E-state index is 12.1. The van der Waals surface area contributed by atoms with Gasteiger partial charge in [-0.25, -0.2) is 0 Å². The lowest BCUT2D eigenvalue weighted by atomic mass is 10.0. The molecule has 2 heterocycles. The molecule has 0 unspecified atom stereocenters. The zero-order chi connectivity index (χ0) is 12.4. The molecule has 2 atom stereocenters. The van der Waals surface area contributed by atoms with Crippen LogP contribution in [-0.2, 0) is 4.79 Å². The lowest BCUT2D eigenvalue weighted by Gasteiger charge is -2.21. The summed E-state index contributed by atoms with van der Waals surface area (Å²) in [5.74, 6) is 1.93. The van der Waals surface area contributed by atoms with E-state index in [9.17, 15) is 4.79 Å². The average molecular weight is 236 g/mol. The quantitative estimate of drug-likeness (QED) is 0.677. The van der Waals surface area contributed by atoms with E-state index in [2.05, 4.69) is 25.3 Å². The van der Waals surface area contributed by atoms with Crippen molar-refractivity contribution < 1.29 is 4.79 Å². The van der Waals surface area contributed by atoms with Crippen molar-refractivity contribution in [3.05, 3.63) is 12.7 Å². The number of carbonyl (C=O) groups excluding carboxylic acids is 1. The Bertz CT molecular complexity index is 301. The van der Waals surface area contributed by atoms with Gasteiger partial charge in [0.15, 0.2) is 0 Å².